The van der Waals surface area contributed by atoms with Crippen LogP contribution in [0.1, 0.15) is 66.9 Å². The summed E-state index contributed by atoms with van der Waals surface area (Å²) in [5, 5.41) is 0. The summed E-state index contributed by atoms with van der Waals surface area (Å²) >= 11 is 0. The molecule has 0 saturated carbocycles. The van der Waals surface area contributed by atoms with E-state index >= 15 is 0 Å². The first-order chi connectivity index (χ1) is 13.1. The lowest BCUT2D eigenvalue weighted by Gasteiger charge is -2.32. The molecule has 6 nitrogen and oxygen atoms in total. The van der Waals surface area contributed by atoms with Crippen LogP contribution in [0, 0.1) is 0 Å². The number of hydrogen-bond acceptors (Lipinski definition) is 6. The standard InChI is InChI=1S/C21H33BO6S/c1-19(2,3)26-18(23)9-8-14-29(24,25)15-16-10-12-17(13-11-16)22-27-20(4,5)21(6,7)28-22/h10-13H,8-9,14-15H2,1-7H3. The Balaban J connectivity index is 1.90. The molecule has 29 heavy (non-hydrogen) atoms. The van der Waals surface area contributed by atoms with Crippen molar-refractivity contribution in [1.82, 2.24) is 0 Å². The highest BCUT2D eigenvalue weighted by molar-refractivity contribution is 7.90. The van der Waals surface area contributed by atoms with Gasteiger partial charge in [-0.05, 0) is 65.9 Å². The van der Waals surface area contributed by atoms with E-state index in [1.807, 2.05) is 39.8 Å². The van der Waals surface area contributed by atoms with Crippen LogP contribution in [0.25, 0.3) is 0 Å². The summed E-state index contributed by atoms with van der Waals surface area (Å²) in [5.74, 6) is -0.490. The maximum atomic E-state index is 12.4. The monoisotopic (exact) mass is 424 g/mol. The smallest absolute Gasteiger partial charge is 0.460 e. The number of sulfone groups is 1. The van der Waals surface area contributed by atoms with Crippen LogP contribution < -0.4 is 5.46 Å². The molecule has 1 aliphatic heterocycles. The fraction of sp³-hybridized carbons (Fsp3) is 0.667. The molecule has 0 bridgehead atoms. The molecule has 162 valence electrons. The van der Waals surface area contributed by atoms with Crippen LogP contribution in [0.3, 0.4) is 0 Å². The van der Waals surface area contributed by atoms with Crippen molar-refractivity contribution in [2.24, 2.45) is 0 Å². The molecule has 1 aromatic carbocycles. The molecular formula is C21H33BO6S. The van der Waals surface area contributed by atoms with E-state index in [1.165, 1.54) is 0 Å². The van der Waals surface area contributed by atoms with E-state index in [2.05, 4.69) is 0 Å². The largest absolute Gasteiger partial charge is 0.494 e. The molecule has 1 aromatic rings. The minimum absolute atomic E-state index is 0.0504. The molecule has 0 atom stereocenters. The van der Waals surface area contributed by atoms with E-state index in [9.17, 15) is 13.2 Å². The Morgan fingerprint density at radius 2 is 1.55 bits per heavy atom. The highest BCUT2D eigenvalue weighted by atomic mass is 32.2. The van der Waals surface area contributed by atoms with Crippen molar-refractivity contribution < 1.29 is 27.3 Å². The van der Waals surface area contributed by atoms with Gasteiger partial charge in [-0.25, -0.2) is 8.42 Å². The Hall–Kier alpha value is -1.38. The summed E-state index contributed by atoms with van der Waals surface area (Å²) in [5.41, 5.74) is 0.147. The molecule has 0 spiro atoms. The van der Waals surface area contributed by atoms with Gasteiger partial charge in [0, 0.05) is 6.42 Å². The predicted molar refractivity (Wildman–Crippen MR) is 115 cm³/mol. The maximum absolute atomic E-state index is 12.4. The van der Waals surface area contributed by atoms with E-state index in [4.69, 9.17) is 14.0 Å². The van der Waals surface area contributed by atoms with Crippen LogP contribution in [0.5, 0.6) is 0 Å². The van der Waals surface area contributed by atoms with Crippen molar-refractivity contribution in [3.05, 3.63) is 29.8 Å². The summed E-state index contributed by atoms with van der Waals surface area (Å²) in [6.45, 7) is 13.3. The van der Waals surface area contributed by atoms with Crippen LogP contribution in [0.4, 0.5) is 0 Å². The van der Waals surface area contributed by atoms with Crippen molar-refractivity contribution >= 4 is 28.4 Å². The molecule has 0 radical (unpaired) electrons. The molecule has 2 rings (SSSR count). The second-order valence-electron chi connectivity index (χ2n) is 9.61. The third-order valence-electron chi connectivity index (χ3n) is 5.15. The number of carbonyl (C=O) groups is 1. The topological polar surface area (TPSA) is 78.9 Å². The summed E-state index contributed by atoms with van der Waals surface area (Å²) in [6, 6.07) is 7.25. The maximum Gasteiger partial charge on any atom is 0.494 e. The third kappa shape index (κ3) is 6.83. The number of esters is 1. The highest BCUT2D eigenvalue weighted by Crippen LogP contribution is 2.36. The zero-order chi connectivity index (χ0) is 22.1. The molecule has 0 N–H and O–H groups in total. The number of hydrogen-bond donors (Lipinski definition) is 0. The van der Waals surface area contributed by atoms with Gasteiger partial charge < -0.3 is 14.0 Å². The Kier molecular flexibility index (Phi) is 6.92. The van der Waals surface area contributed by atoms with Crippen LogP contribution >= 0.6 is 0 Å². The molecule has 1 heterocycles. The minimum atomic E-state index is -3.31. The van der Waals surface area contributed by atoms with Gasteiger partial charge in [-0.3, -0.25) is 4.79 Å². The molecular weight excluding hydrogens is 391 g/mol. The first-order valence-electron chi connectivity index (χ1n) is 9.97. The lowest BCUT2D eigenvalue weighted by Crippen LogP contribution is -2.41. The Morgan fingerprint density at radius 3 is 2.03 bits per heavy atom. The van der Waals surface area contributed by atoms with Gasteiger partial charge in [0.1, 0.15) is 5.60 Å². The molecule has 1 aliphatic rings. The first-order valence-corrected chi connectivity index (χ1v) is 11.8. The quantitative estimate of drug-likeness (QED) is 0.495. The summed E-state index contributed by atoms with van der Waals surface area (Å²) in [7, 11) is -3.79. The van der Waals surface area contributed by atoms with Gasteiger partial charge in [-0.2, -0.15) is 0 Å². The SMILES string of the molecule is CC(C)(C)OC(=O)CCCS(=O)(=O)Cc1ccc(B2OC(C)(C)C(C)(C)O2)cc1. The number of benzene rings is 1. The second kappa shape index (κ2) is 8.40. The zero-order valence-electron chi connectivity index (χ0n) is 18.6. The Morgan fingerprint density at radius 1 is 1.03 bits per heavy atom. The number of carbonyl (C=O) groups excluding carboxylic acids is 1. The Bertz CT molecular complexity index is 806. The van der Waals surface area contributed by atoms with E-state index in [0.717, 1.165) is 5.46 Å². The molecule has 1 saturated heterocycles. The highest BCUT2D eigenvalue weighted by Gasteiger charge is 2.51. The van der Waals surface area contributed by atoms with Crippen molar-refractivity contribution in [1.29, 1.82) is 0 Å². The average Bonchev–Trinajstić information content (AvgIpc) is 2.73. The first kappa shape index (κ1) is 23.9. The van der Waals surface area contributed by atoms with Crippen molar-refractivity contribution in [3.63, 3.8) is 0 Å². The molecule has 0 amide bonds. The van der Waals surface area contributed by atoms with Gasteiger partial charge in [0.05, 0.1) is 22.7 Å². The van der Waals surface area contributed by atoms with Gasteiger partial charge in [0.25, 0.3) is 0 Å². The lowest BCUT2D eigenvalue weighted by atomic mass is 9.79. The number of ether oxygens (including phenoxy) is 1. The van der Waals surface area contributed by atoms with Crippen molar-refractivity contribution in [2.45, 2.75) is 83.9 Å². The second-order valence-corrected chi connectivity index (χ2v) is 11.8. The van der Waals surface area contributed by atoms with Crippen LogP contribution in [-0.2, 0) is 34.4 Å². The summed E-state index contributed by atoms with van der Waals surface area (Å²) in [4.78, 5) is 11.7. The van der Waals surface area contributed by atoms with Gasteiger partial charge in [-0.1, -0.05) is 24.3 Å². The summed E-state index contributed by atoms with van der Waals surface area (Å²) in [6.07, 6.45) is 0.348. The van der Waals surface area contributed by atoms with Crippen molar-refractivity contribution in [2.75, 3.05) is 5.75 Å². The zero-order valence-corrected chi connectivity index (χ0v) is 19.4. The molecule has 0 unspecified atom stereocenters. The van der Waals surface area contributed by atoms with E-state index in [-0.39, 0.29) is 30.3 Å². The van der Waals surface area contributed by atoms with E-state index in [1.54, 1.807) is 32.9 Å². The third-order valence-corrected chi connectivity index (χ3v) is 6.83. The molecule has 8 heteroatoms. The van der Waals surface area contributed by atoms with Crippen LogP contribution in [0.15, 0.2) is 24.3 Å². The molecule has 0 aromatic heterocycles. The fourth-order valence-corrected chi connectivity index (χ4v) is 4.33. The molecule has 0 aliphatic carbocycles. The predicted octanol–water partition coefficient (Wildman–Crippen LogP) is 3.02. The van der Waals surface area contributed by atoms with Gasteiger partial charge in [0.15, 0.2) is 9.84 Å². The van der Waals surface area contributed by atoms with Gasteiger partial charge in [-0.15, -0.1) is 0 Å². The summed E-state index contributed by atoms with van der Waals surface area (Å²) < 4.78 is 42.0. The van der Waals surface area contributed by atoms with Gasteiger partial charge >= 0.3 is 13.1 Å². The van der Waals surface area contributed by atoms with E-state index in [0.29, 0.717) is 5.56 Å². The average molecular weight is 424 g/mol. The fourth-order valence-electron chi connectivity index (χ4n) is 2.91. The lowest BCUT2D eigenvalue weighted by molar-refractivity contribution is -0.154. The molecule has 1 fully saturated rings. The normalized spacial score (nSPS) is 18.7. The number of rotatable bonds is 7. The Labute approximate surface area is 175 Å². The van der Waals surface area contributed by atoms with Crippen LogP contribution in [0.2, 0.25) is 0 Å². The van der Waals surface area contributed by atoms with Gasteiger partial charge in [0.2, 0.25) is 0 Å². The minimum Gasteiger partial charge on any atom is -0.460 e. The van der Waals surface area contributed by atoms with Crippen LogP contribution in [-0.4, -0.2) is 44.1 Å². The van der Waals surface area contributed by atoms with Crippen molar-refractivity contribution in [3.8, 4) is 0 Å². The van der Waals surface area contributed by atoms with E-state index < -0.39 is 33.8 Å².